The summed E-state index contributed by atoms with van der Waals surface area (Å²) >= 11 is 0. The molecular formula is C12H23N3O3. The van der Waals surface area contributed by atoms with Gasteiger partial charge in [-0.1, -0.05) is 5.16 Å². The molecule has 0 spiro atoms. The lowest BCUT2D eigenvalue weighted by atomic mass is 10.1. The van der Waals surface area contributed by atoms with Crippen LogP contribution in [0, 0.1) is 0 Å². The molecular weight excluding hydrogens is 234 g/mol. The van der Waals surface area contributed by atoms with Crippen LogP contribution in [0.3, 0.4) is 0 Å². The average molecular weight is 257 g/mol. The van der Waals surface area contributed by atoms with Crippen molar-refractivity contribution in [2.24, 2.45) is 5.73 Å². The Morgan fingerprint density at radius 2 is 2.11 bits per heavy atom. The Morgan fingerprint density at radius 3 is 2.83 bits per heavy atom. The van der Waals surface area contributed by atoms with Gasteiger partial charge in [-0.15, -0.1) is 0 Å². The van der Waals surface area contributed by atoms with Crippen LogP contribution in [-0.2, 0) is 22.3 Å². The molecule has 18 heavy (non-hydrogen) atoms. The number of methoxy groups -OCH3 is 1. The van der Waals surface area contributed by atoms with Crippen molar-refractivity contribution in [2.75, 3.05) is 26.9 Å². The Hall–Kier alpha value is -0.980. The van der Waals surface area contributed by atoms with Crippen molar-refractivity contribution in [1.82, 2.24) is 10.1 Å². The molecule has 2 N–H and O–H groups in total. The third-order valence-electron chi connectivity index (χ3n) is 2.46. The third kappa shape index (κ3) is 6.68. The van der Waals surface area contributed by atoms with Crippen LogP contribution < -0.4 is 5.73 Å². The van der Waals surface area contributed by atoms with Gasteiger partial charge in [0, 0.05) is 26.0 Å². The Morgan fingerprint density at radius 1 is 1.28 bits per heavy atom. The summed E-state index contributed by atoms with van der Waals surface area (Å²) in [4.78, 5) is 4.30. The van der Waals surface area contributed by atoms with E-state index in [1.54, 1.807) is 7.11 Å². The molecule has 1 unspecified atom stereocenters. The van der Waals surface area contributed by atoms with E-state index in [-0.39, 0.29) is 6.04 Å². The van der Waals surface area contributed by atoms with Crippen molar-refractivity contribution in [3.63, 3.8) is 0 Å². The molecule has 0 radical (unpaired) electrons. The molecule has 1 aromatic rings. The molecule has 0 aliphatic rings. The molecule has 6 heteroatoms. The number of nitrogens with zero attached hydrogens (tertiary/aromatic N) is 2. The molecule has 1 atom stereocenters. The summed E-state index contributed by atoms with van der Waals surface area (Å²) in [5.74, 6) is 1.38. The quantitative estimate of drug-likeness (QED) is 0.628. The monoisotopic (exact) mass is 257 g/mol. The van der Waals surface area contributed by atoms with Crippen molar-refractivity contribution < 1.29 is 14.0 Å². The zero-order chi connectivity index (χ0) is 13.2. The third-order valence-corrected chi connectivity index (χ3v) is 2.46. The summed E-state index contributed by atoms with van der Waals surface area (Å²) in [6.07, 6.45) is 3.40. The zero-order valence-electron chi connectivity index (χ0n) is 11.2. The molecule has 0 fully saturated rings. The largest absolute Gasteiger partial charge is 0.382 e. The van der Waals surface area contributed by atoms with E-state index < -0.39 is 0 Å². The van der Waals surface area contributed by atoms with Gasteiger partial charge in [-0.2, -0.15) is 4.98 Å². The van der Waals surface area contributed by atoms with E-state index in [4.69, 9.17) is 19.7 Å². The van der Waals surface area contributed by atoms with Crippen molar-refractivity contribution in [3.8, 4) is 0 Å². The van der Waals surface area contributed by atoms with Gasteiger partial charge < -0.3 is 19.7 Å². The molecule has 0 amide bonds. The molecule has 0 saturated heterocycles. The van der Waals surface area contributed by atoms with E-state index in [9.17, 15) is 0 Å². The van der Waals surface area contributed by atoms with Gasteiger partial charge in [0.15, 0.2) is 5.82 Å². The highest BCUT2D eigenvalue weighted by molar-refractivity contribution is 4.86. The maximum Gasteiger partial charge on any atom is 0.226 e. The lowest BCUT2D eigenvalue weighted by Gasteiger charge is -2.01. The van der Waals surface area contributed by atoms with E-state index in [2.05, 4.69) is 10.1 Å². The van der Waals surface area contributed by atoms with Crippen LogP contribution >= 0.6 is 0 Å². The van der Waals surface area contributed by atoms with Crippen molar-refractivity contribution in [3.05, 3.63) is 11.7 Å². The molecule has 1 heterocycles. The first-order valence-corrected chi connectivity index (χ1v) is 6.36. The summed E-state index contributed by atoms with van der Waals surface area (Å²) in [5.41, 5.74) is 5.67. The van der Waals surface area contributed by atoms with Gasteiger partial charge in [0.1, 0.15) is 0 Å². The molecule has 1 rings (SSSR count). The summed E-state index contributed by atoms with van der Waals surface area (Å²) in [7, 11) is 1.65. The number of nitrogens with two attached hydrogens (primary N) is 1. The molecule has 0 bridgehead atoms. The fraction of sp³-hybridized carbons (Fsp3) is 0.833. The van der Waals surface area contributed by atoms with Crippen molar-refractivity contribution >= 4 is 0 Å². The first kappa shape index (κ1) is 15.1. The smallest absolute Gasteiger partial charge is 0.226 e. The Bertz CT molecular complexity index is 315. The molecule has 0 aromatic carbocycles. The summed E-state index contributed by atoms with van der Waals surface area (Å²) in [6, 6.07) is 0.224. The minimum atomic E-state index is 0.224. The second kappa shape index (κ2) is 9.02. The van der Waals surface area contributed by atoms with Crippen LogP contribution in [0.1, 0.15) is 31.5 Å². The normalized spacial score (nSPS) is 12.8. The van der Waals surface area contributed by atoms with Crippen LogP contribution in [0.2, 0.25) is 0 Å². The second-order valence-corrected chi connectivity index (χ2v) is 4.33. The van der Waals surface area contributed by atoms with E-state index in [1.165, 1.54) is 0 Å². The average Bonchev–Trinajstić information content (AvgIpc) is 2.76. The highest BCUT2D eigenvalue weighted by Crippen LogP contribution is 2.04. The Kier molecular flexibility index (Phi) is 7.55. The number of rotatable bonds is 10. The Balaban J connectivity index is 2.13. The standard InChI is InChI=1S/C12H23N3O3/c1-10(13)4-3-5-12-14-11(15-18-12)6-7-17-9-8-16-2/h10H,3-9,13H2,1-2H3. The van der Waals surface area contributed by atoms with Gasteiger partial charge in [0.2, 0.25) is 5.89 Å². The number of hydrogen-bond donors (Lipinski definition) is 1. The van der Waals surface area contributed by atoms with E-state index in [0.29, 0.717) is 38.0 Å². The molecule has 1 aromatic heterocycles. The van der Waals surface area contributed by atoms with Gasteiger partial charge in [-0.25, -0.2) is 0 Å². The molecule has 0 aliphatic heterocycles. The Labute approximate surface area is 108 Å². The van der Waals surface area contributed by atoms with Crippen molar-refractivity contribution in [2.45, 2.75) is 38.6 Å². The molecule has 104 valence electrons. The van der Waals surface area contributed by atoms with Gasteiger partial charge in [0.05, 0.1) is 19.8 Å². The van der Waals surface area contributed by atoms with Crippen LogP contribution in [0.25, 0.3) is 0 Å². The lowest BCUT2D eigenvalue weighted by molar-refractivity contribution is 0.0714. The molecule has 6 nitrogen and oxygen atoms in total. The topological polar surface area (TPSA) is 83.4 Å². The predicted octanol–water partition coefficient (Wildman–Crippen LogP) is 0.945. The van der Waals surface area contributed by atoms with E-state index >= 15 is 0 Å². The number of aryl methyl sites for hydroxylation is 1. The number of hydrogen-bond acceptors (Lipinski definition) is 6. The van der Waals surface area contributed by atoms with Gasteiger partial charge >= 0.3 is 0 Å². The minimum Gasteiger partial charge on any atom is -0.382 e. The minimum absolute atomic E-state index is 0.224. The highest BCUT2D eigenvalue weighted by atomic mass is 16.5. The van der Waals surface area contributed by atoms with Crippen LogP contribution in [0.4, 0.5) is 0 Å². The van der Waals surface area contributed by atoms with Crippen molar-refractivity contribution in [1.29, 1.82) is 0 Å². The zero-order valence-corrected chi connectivity index (χ0v) is 11.2. The van der Waals surface area contributed by atoms with Crippen LogP contribution in [0.15, 0.2) is 4.52 Å². The first-order valence-electron chi connectivity index (χ1n) is 6.36. The van der Waals surface area contributed by atoms with E-state index in [1.807, 2.05) is 6.92 Å². The summed E-state index contributed by atoms with van der Waals surface area (Å²) in [6.45, 7) is 3.78. The lowest BCUT2D eigenvalue weighted by Crippen LogP contribution is -2.14. The molecule has 0 saturated carbocycles. The predicted molar refractivity (Wildman–Crippen MR) is 67.3 cm³/mol. The highest BCUT2D eigenvalue weighted by Gasteiger charge is 2.06. The summed E-state index contributed by atoms with van der Waals surface area (Å²) < 4.78 is 15.4. The van der Waals surface area contributed by atoms with Gasteiger partial charge in [-0.05, 0) is 19.8 Å². The maximum absolute atomic E-state index is 5.67. The van der Waals surface area contributed by atoms with Crippen LogP contribution in [-0.4, -0.2) is 43.1 Å². The number of aromatic nitrogens is 2. The maximum atomic E-state index is 5.67. The van der Waals surface area contributed by atoms with Gasteiger partial charge in [-0.3, -0.25) is 0 Å². The number of ether oxygens (including phenoxy) is 2. The summed E-state index contributed by atoms with van der Waals surface area (Å²) in [5, 5.41) is 3.90. The van der Waals surface area contributed by atoms with Crippen LogP contribution in [0.5, 0.6) is 0 Å². The molecule has 0 aliphatic carbocycles. The van der Waals surface area contributed by atoms with E-state index in [0.717, 1.165) is 19.3 Å². The fourth-order valence-electron chi connectivity index (χ4n) is 1.48. The first-order chi connectivity index (χ1) is 8.72. The fourth-order valence-corrected chi connectivity index (χ4v) is 1.48. The second-order valence-electron chi connectivity index (χ2n) is 4.33. The van der Waals surface area contributed by atoms with Gasteiger partial charge in [0.25, 0.3) is 0 Å². The SMILES string of the molecule is COCCOCCc1noc(CCCC(C)N)n1.